The average Bonchev–Trinajstić information content (AvgIpc) is 3.64. The lowest BCUT2D eigenvalue weighted by Gasteiger charge is -2.32. The summed E-state index contributed by atoms with van der Waals surface area (Å²) in [5.41, 5.74) is 1.85. The lowest BCUT2D eigenvalue weighted by atomic mass is 10.2. The van der Waals surface area contributed by atoms with Gasteiger partial charge in [-0.25, -0.2) is 24.2 Å². The van der Waals surface area contributed by atoms with Crippen LogP contribution in [-0.4, -0.2) is 114 Å². The summed E-state index contributed by atoms with van der Waals surface area (Å²) in [5, 5.41) is 22.9. The number of nitrogens with zero attached hydrogens (tertiary/aromatic N) is 8. The topological polar surface area (TPSA) is 177 Å². The molecule has 0 spiro atoms. The minimum Gasteiger partial charge on any atom is -0.475 e. The Labute approximate surface area is 237 Å². The van der Waals surface area contributed by atoms with E-state index in [4.69, 9.17) is 24.5 Å². The third kappa shape index (κ3) is 9.18. The summed E-state index contributed by atoms with van der Waals surface area (Å²) < 4.78 is 71.1. The van der Waals surface area contributed by atoms with Crippen LogP contribution >= 0.6 is 0 Å². The van der Waals surface area contributed by atoms with E-state index >= 15 is 0 Å². The molecule has 234 valence electrons. The SMILES string of the molecule is O=C(O)C(F)(F)F.O=C(O)C(F)(F)F.O=C(c1ccccn1)N1CCOC(Cn2nnc3c(N4CCCC4)ncnc32)C1. The van der Waals surface area contributed by atoms with E-state index in [9.17, 15) is 31.1 Å². The van der Waals surface area contributed by atoms with Crippen LogP contribution in [0.3, 0.4) is 0 Å². The molecular formula is C23H24F6N8O6. The van der Waals surface area contributed by atoms with E-state index in [1.807, 2.05) is 6.07 Å². The second-order valence-corrected chi connectivity index (χ2v) is 8.90. The van der Waals surface area contributed by atoms with Crippen molar-refractivity contribution in [3.05, 3.63) is 36.4 Å². The van der Waals surface area contributed by atoms with Gasteiger partial charge in [0, 0.05) is 32.4 Å². The number of hydrogen-bond acceptors (Lipinski definition) is 10. The van der Waals surface area contributed by atoms with Crippen molar-refractivity contribution in [1.82, 2.24) is 34.8 Å². The summed E-state index contributed by atoms with van der Waals surface area (Å²) >= 11 is 0. The van der Waals surface area contributed by atoms with Gasteiger partial charge in [0.15, 0.2) is 17.0 Å². The van der Waals surface area contributed by atoms with Crippen LogP contribution < -0.4 is 4.90 Å². The Morgan fingerprint density at radius 3 is 2.12 bits per heavy atom. The number of pyridine rings is 1. The Bertz CT molecular complexity index is 1370. The fourth-order valence-corrected chi connectivity index (χ4v) is 3.92. The summed E-state index contributed by atoms with van der Waals surface area (Å²) in [6.07, 6.45) is -4.84. The predicted molar refractivity (Wildman–Crippen MR) is 132 cm³/mol. The maximum absolute atomic E-state index is 12.7. The van der Waals surface area contributed by atoms with Crippen molar-refractivity contribution in [3.8, 4) is 0 Å². The molecule has 2 fully saturated rings. The molecule has 43 heavy (non-hydrogen) atoms. The Morgan fingerprint density at radius 2 is 1.56 bits per heavy atom. The molecule has 2 aliphatic heterocycles. The number of carboxylic acid groups (broad SMARTS) is 2. The van der Waals surface area contributed by atoms with Crippen molar-refractivity contribution >= 4 is 34.8 Å². The van der Waals surface area contributed by atoms with Crippen molar-refractivity contribution in [2.75, 3.05) is 37.7 Å². The second kappa shape index (κ2) is 14.0. The van der Waals surface area contributed by atoms with Crippen LogP contribution in [0.5, 0.6) is 0 Å². The number of ether oxygens (including phenoxy) is 1. The van der Waals surface area contributed by atoms with Crippen LogP contribution in [0.15, 0.2) is 30.7 Å². The monoisotopic (exact) mass is 622 g/mol. The zero-order valence-electron chi connectivity index (χ0n) is 22.0. The number of fused-ring (bicyclic) bond motifs is 1. The number of aliphatic carboxylic acids is 2. The Hall–Kier alpha value is -4.62. The molecule has 5 rings (SSSR count). The molecule has 5 heterocycles. The van der Waals surface area contributed by atoms with Crippen molar-refractivity contribution in [2.24, 2.45) is 0 Å². The summed E-state index contributed by atoms with van der Waals surface area (Å²) in [6.45, 7) is 3.93. The van der Waals surface area contributed by atoms with E-state index in [-0.39, 0.29) is 12.0 Å². The molecule has 20 heteroatoms. The number of aromatic nitrogens is 6. The molecular weight excluding hydrogens is 598 g/mol. The number of carbonyl (C=O) groups excluding carboxylic acids is 1. The first-order chi connectivity index (χ1) is 20.2. The molecule has 1 unspecified atom stereocenters. The Morgan fingerprint density at radius 1 is 0.930 bits per heavy atom. The number of carbonyl (C=O) groups is 3. The predicted octanol–water partition coefficient (Wildman–Crippen LogP) is 2.02. The van der Waals surface area contributed by atoms with Gasteiger partial charge in [0.05, 0.1) is 19.3 Å². The number of alkyl halides is 6. The van der Waals surface area contributed by atoms with Crippen molar-refractivity contribution in [3.63, 3.8) is 0 Å². The van der Waals surface area contributed by atoms with Crippen molar-refractivity contribution in [1.29, 1.82) is 0 Å². The van der Waals surface area contributed by atoms with Gasteiger partial charge in [0.2, 0.25) is 0 Å². The fourth-order valence-electron chi connectivity index (χ4n) is 3.92. The first kappa shape index (κ1) is 32.9. The minimum atomic E-state index is -5.08. The average molecular weight is 622 g/mol. The van der Waals surface area contributed by atoms with E-state index in [1.54, 1.807) is 34.2 Å². The van der Waals surface area contributed by atoms with Gasteiger partial charge in [-0.15, -0.1) is 5.10 Å². The van der Waals surface area contributed by atoms with E-state index in [1.165, 1.54) is 0 Å². The molecule has 0 bridgehead atoms. The van der Waals surface area contributed by atoms with E-state index < -0.39 is 24.3 Å². The second-order valence-electron chi connectivity index (χ2n) is 8.90. The standard InChI is InChI=1S/C19H22N8O2.2C2HF3O2/c28-19(15-5-1-2-6-20-15)26-9-10-29-14(11-26)12-27-18-16(23-24-27)17(21-13-22-18)25-7-3-4-8-25;2*3-2(4,5)1(6)7/h1-2,5-6,13-14H,3-4,7-12H2;2*(H,6,7). The van der Waals surface area contributed by atoms with Crippen LogP contribution in [0.1, 0.15) is 23.3 Å². The van der Waals surface area contributed by atoms with Gasteiger partial charge >= 0.3 is 24.3 Å². The van der Waals surface area contributed by atoms with Gasteiger partial charge in [0.25, 0.3) is 5.91 Å². The van der Waals surface area contributed by atoms with Crippen LogP contribution in [0.4, 0.5) is 32.2 Å². The van der Waals surface area contributed by atoms with Gasteiger partial charge in [-0.05, 0) is 25.0 Å². The van der Waals surface area contributed by atoms with Gasteiger partial charge in [-0.2, -0.15) is 26.3 Å². The summed E-state index contributed by atoms with van der Waals surface area (Å²) in [7, 11) is 0. The molecule has 0 radical (unpaired) electrons. The lowest BCUT2D eigenvalue weighted by Crippen LogP contribution is -2.47. The molecule has 2 saturated heterocycles. The van der Waals surface area contributed by atoms with Crippen molar-refractivity contribution < 1.29 is 55.7 Å². The Balaban J connectivity index is 0.000000303. The molecule has 3 aromatic heterocycles. The molecule has 0 aliphatic carbocycles. The van der Waals surface area contributed by atoms with Gasteiger partial charge in [0.1, 0.15) is 12.0 Å². The normalized spacial score (nSPS) is 17.0. The highest BCUT2D eigenvalue weighted by Gasteiger charge is 2.39. The lowest BCUT2D eigenvalue weighted by molar-refractivity contribution is -0.193. The number of halogens is 6. The highest BCUT2D eigenvalue weighted by molar-refractivity contribution is 5.92. The molecule has 2 N–H and O–H groups in total. The number of hydrogen-bond donors (Lipinski definition) is 2. The van der Waals surface area contributed by atoms with Crippen molar-refractivity contribution in [2.45, 2.75) is 37.8 Å². The van der Waals surface area contributed by atoms with Gasteiger partial charge in [-0.3, -0.25) is 9.78 Å². The van der Waals surface area contributed by atoms with Crippen LogP contribution in [0, 0.1) is 0 Å². The number of anilines is 1. The van der Waals surface area contributed by atoms with E-state index in [2.05, 4.69) is 30.2 Å². The summed E-state index contributed by atoms with van der Waals surface area (Å²) in [5.74, 6) is -4.75. The highest BCUT2D eigenvalue weighted by Crippen LogP contribution is 2.24. The van der Waals surface area contributed by atoms with Gasteiger partial charge in [-0.1, -0.05) is 11.3 Å². The maximum Gasteiger partial charge on any atom is 0.490 e. The highest BCUT2D eigenvalue weighted by atomic mass is 19.4. The van der Waals surface area contributed by atoms with Crippen LogP contribution in [-0.2, 0) is 20.9 Å². The first-order valence-electron chi connectivity index (χ1n) is 12.4. The number of rotatable bonds is 4. The summed E-state index contributed by atoms with van der Waals surface area (Å²) in [4.78, 5) is 47.5. The minimum absolute atomic E-state index is 0.0824. The van der Waals surface area contributed by atoms with E-state index in [0.717, 1.165) is 31.7 Å². The fraction of sp³-hybridized carbons (Fsp3) is 0.478. The first-order valence-corrected chi connectivity index (χ1v) is 12.4. The van der Waals surface area contributed by atoms with Gasteiger partial charge < -0.3 is 24.7 Å². The molecule has 3 aromatic rings. The molecule has 0 aromatic carbocycles. The molecule has 1 amide bonds. The zero-order valence-corrected chi connectivity index (χ0v) is 22.0. The van der Waals surface area contributed by atoms with Crippen LogP contribution in [0.25, 0.3) is 11.2 Å². The van der Waals surface area contributed by atoms with Crippen LogP contribution in [0.2, 0.25) is 0 Å². The number of morpholine rings is 1. The molecule has 1 atom stereocenters. The number of amides is 1. The molecule has 14 nitrogen and oxygen atoms in total. The third-order valence-electron chi connectivity index (χ3n) is 5.86. The number of carboxylic acids is 2. The quantitative estimate of drug-likeness (QED) is 0.406. The molecule has 2 aliphatic rings. The molecule has 0 saturated carbocycles. The zero-order chi connectivity index (χ0) is 31.8. The third-order valence-corrected chi connectivity index (χ3v) is 5.86. The maximum atomic E-state index is 12.7. The van der Waals surface area contributed by atoms with E-state index in [0.29, 0.717) is 43.1 Å². The summed E-state index contributed by atoms with van der Waals surface area (Å²) in [6, 6.07) is 5.35. The Kier molecular flexibility index (Phi) is 10.7. The largest absolute Gasteiger partial charge is 0.490 e. The smallest absolute Gasteiger partial charge is 0.475 e.